The molecular weight excluding hydrogens is 380 g/mol. The zero-order valence-corrected chi connectivity index (χ0v) is 17.6. The lowest BCUT2D eigenvalue weighted by Crippen LogP contribution is -1.99. The number of methoxy groups -OCH3 is 1. The number of allylic oxidation sites excluding steroid dienone is 1. The standard InChI is InChI=1S/C24H28N2O4/c1-3-4-5-6-7-8-15-30-23-14-9-19(17-24(23)29-2)16-21(18-25)20-10-12-22(13-11-20)26(27)28/h9-14,16-17H,3-8,15H2,1-2H3/b21-16+. The van der Waals surface area contributed by atoms with Crippen LogP contribution in [0.1, 0.15) is 56.6 Å². The molecule has 0 heterocycles. The Hall–Kier alpha value is -3.33. The van der Waals surface area contributed by atoms with Crippen LogP contribution in [0.5, 0.6) is 11.5 Å². The highest BCUT2D eigenvalue weighted by atomic mass is 16.6. The first-order valence-electron chi connectivity index (χ1n) is 10.3. The van der Waals surface area contributed by atoms with Crippen LogP contribution in [-0.2, 0) is 0 Å². The van der Waals surface area contributed by atoms with Crippen LogP contribution in [0.2, 0.25) is 0 Å². The summed E-state index contributed by atoms with van der Waals surface area (Å²) in [6.45, 7) is 2.85. The fourth-order valence-corrected chi connectivity index (χ4v) is 3.07. The smallest absolute Gasteiger partial charge is 0.269 e. The zero-order chi connectivity index (χ0) is 21.8. The summed E-state index contributed by atoms with van der Waals surface area (Å²) in [6, 6.07) is 13.6. The lowest BCUT2D eigenvalue weighted by molar-refractivity contribution is -0.384. The van der Waals surface area contributed by atoms with Crippen molar-refractivity contribution in [1.29, 1.82) is 5.26 Å². The van der Waals surface area contributed by atoms with E-state index in [0.717, 1.165) is 18.4 Å². The zero-order valence-electron chi connectivity index (χ0n) is 17.6. The van der Waals surface area contributed by atoms with Crippen molar-refractivity contribution in [2.45, 2.75) is 45.4 Å². The van der Waals surface area contributed by atoms with Gasteiger partial charge in [-0.25, -0.2) is 0 Å². The van der Waals surface area contributed by atoms with Gasteiger partial charge in [0.15, 0.2) is 11.5 Å². The van der Waals surface area contributed by atoms with E-state index in [4.69, 9.17) is 9.47 Å². The molecule has 0 aliphatic rings. The maximum atomic E-state index is 10.8. The Morgan fingerprint density at radius 2 is 1.77 bits per heavy atom. The Balaban J connectivity index is 2.05. The number of nitrogens with zero attached hydrogens (tertiary/aromatic N) is 2. The summed E-state index contributed by atoms with van der Waals surface area (Å²) in [4.78, 5) is 10.3. The highest BCUT2D eigenvalue weighted by Gasteiger charge is 2.09. The van der Waals surface area contributed by atoms with Crippen LogP contribution in [0.15, 0.2) is 42.5 Å². The van der Waals surface area contributed by atoms with Crippen LogP contribution in [0.3, 0.4) is 0 Å². The number of rotatable bonds is 12. The number of hydrogen-bond acceptors (Lipinski definition) is 5. The maximum Gasteiger partial charge on any atom is 0.269 e. The Bertz CT molecular complexity index is 898. The summed E-state index contributed by atoms with van der Waals surface area (Å²) >= 11 is 0. The number of nitriles is 1. The molecule has 30 heavy (non-hydrogen) atoms. The highest BCUT2D eigenvalue weighted by Crippen LogP contribution is 2.30. The fourth-order valence-electron chi connectivity index (χ4n) is 3.07. The SMILES string of the molecule is CCCCCCCCOc1ccc(/C=C(\C#N)c2ccc([N+](=O)[O-])cc2)cc1OC. The summed E-state index contributed by atoms with van der Waals surface area (Å²) in [6.07, 6.45) is 8.92. The summed E-state index contributed by atoms with van der Waals surface area (Å²) in [5.74, 6) is 1.28. The molecule has 0 atom stereocenters. The molecule has 0 saturated carbocycles. The molecule has 0 aromatic heterocycles. The minimum absolute atomic E-state index is 0.00965. The molecule has 0 bridgehead atoms. The highest BCUT2D eigenvalue weighted by molar-refractivity contribution is 5.90. The van der Waals surface area contributed by atoms with Crippen molar-refractivity contribution < 1.29 is 14.4 Å². The number of non-ortho nitro benzene ring substituents is 1. The normalized spacial score (nSPS) is 11.0. The molecule has 2 aromatic carbocycles. The second-order valence-electron chi connectivity index (χ2n) is 7.00. The van der Waals surface area contributed by atoms with Crippen LogP contribution < -0.4 is 9.47 Å². The third-order valence-electron chi connectivity index (χ3n) is 4.76. The number of unbranched alkanes of at least 4 members (excludes halogenated alkanes) is 5. The molecular formula is C24H28N2O4. The molecule has 158 valence electrons. The summed E-state index contributed by atoms with van der Waals surface area (Å²) in [7, 11) is 1.59. The number of nitro groups is 1. The molecule has 0 aliphatic heterocycles. The number of ether oxygens (including phenoxy) is 2. The second kappa shape index (κ2) is 12.3. The molecule has 6 nitrogen and oxygen atoms in total. The molecule has 0 spiro atoms. The van der Waals surface area contributed by atoms with E-state index in [0.29, 0.717) is 29.2 Å². The van der Waals surface area contributed by atoms with Gasteiger partial charge in [-0.3, -0.25) is 10.1 Å². The van der Waals surface area contributed by atoms with E-state index in [1.807, 2.05) is 18.2 Å². The average Bonchev–Trinajstić information content (AvgIpc) is 2.77. The Labute approximate surface area is 177 Å². The van der Waals surface area contributed by atoms with Gasteiger partial charge in [0.2, 0.25) is 0 Å². The molecule has 0 aliphatic carbocycles. The molecule has 0 radical (unpaired) electrons. The molecule has 0 unspecified atom stereocenters. The van der Waals surface area contributed by atoms with Gasteiger partial charge in [0.25, 0.3) is 5.69 Å². The molecule has 2 aromatic rings. The van der Waals surface area contributed by atoms with E-state index in [-0.39, 0.29) is 5.69 Å². The molecule has 0 fully saturated rings. The van der Waals surface area contributed by atoms with Gasteiger partial charge in [0.05, 0.1) is 30.3 Å². The Kier molecular flexibility index (Phi) is 9.39. The third kappa shape index (κ3) is 6.93. The minimum Gasteiger partial charge on any atom is -0.493 e. The predicted octanol–water partition coefficient (Wildman–Crippen LogP) is 6.41. The number of nitro benzene ring substituents is 1. The van der Waals surface area contributed by atoms with Crippen molar-refractivity contribution in [2.24, 2.45) is 0 Å². The summed E-state index contributed by atoms with van der Waals surface area (Å²) in [5.41, 5.74) is 1.80. The van der Waals surface area contributed by atoms with Gasteiger partial charge in [0, 0.05) is 12.1 Å². The quantitative estimate of drug-likeness (QED) is 0.133. The van der Waals surface area contributed by atoms with Crippen molar-refractivity contribution in [1.82, 2.24) is 0 Å². The van der Waals surface area contributed by atoms with Crippen LogP contribution in [0.25, 0.3) is 11.6 Å². The van der Waals surface area contributed by atoms with Crippen molar-refractivity contribution in [3.8, 4) is 17.6 Å². The van der Waals surface area contributed by atoms with Gasteiger partial charge in [-0.05, 0) is 47.9 Å². The van der Waals surface area contributed by atoms with Gasteiger partial charge < -0.3 is 9.47 Å². The van der Waals surface area contributed by atoms with Crippen LogP contribution in [0.4, 0.5) is 5.69 Å². The molecule has 0 amide bonds. The van der Waals surface area contributed by atoms with E-state index in [1.54, 1.807) is 25.3 Å². The molecule has 0 N–H and O–H groups in total. The molecule has 2 rings (SSSR count). The van der Waals surface area contributed by atoms with E-state index < -0.39 is 4.92 Å². The van der Waals surface area contributed by atoms with E-state index in [9.17, 15) is 15.4 Å². The van der Waals surface area contributed by atoms with Gasteiger partial charge in [-0.1, -0.05) is 45.1 Å². The Morgan fingerprint density at radius 1 is 1.07 bits per heavy atom. The second-order valence-corrected chi connectivity index (χ2v) is 7.00. The van der Waals surface area contributed by atoms with E-state index in [2.05, 4.69) is 13.0 Å². The van der Waals surface area contributed by atoms with Crippen LogP contribution in [-0.4, -0.2) is 18.6 Å². The summed E-state index contributed by atoms with van der Waals surface area (Å²) < 4.78 is 11.3. The lowest BCUT2D eigenvalue weighted by atomic mass is 10.0. The number of benzene rings is 2. The summed E-state index contributed by atoms with van der Waals surface area (Å²) in [5, 5.41) is 20.3. The third-order valence-corrected chi connectivity index (χ3v) is 4.76. The average molecular weight is 408 g/mol. The first-order valence-corrected chi connectivity index (χ1v) is 10.3. The van der Waals surface area contributed by atoms with Gasteiger partial charge in [0.1, 0.15) is 0 Å². The van der Waals surface area contributed by atoms with E-state index >= 15 is 0 Å². The molecule has 0 saturated heterocycles. The van der Waals surface area contributed by atoms with Gasteiger partial charge in [-0.15, -0.1) is 0 Å². The fraction of sp³-hybridized carbons (Fsp3) is 0.375. The van der Waals surface area contributed by atoms with Crippen molar-refractivity contribution in [3.63, 3.8) is 0 Å². The lowest BCUT2D eigenvalue weighted by Gasteiger charge is -2.11. The van der Waals surface area contributed by atoms with E-state index in [1.165, 1.54) is 37.8 Å². The number of hydrogen-bond donors (Lipinski definition) is 0. The maximum absolute atomic E-state index is 10.8. The van der Waals surface area contributed by atoms with Crippen LogP contribution in [0, 0.1) is 21.4 Å². The van der Waals surface area contributed by atoms with Crippen molar-refractivity contribution in [3.05, 3.63) is 63.7 Å². The first-order chi connectivity index (χ1) is 14.6. The van der Waals surface area contributed by atoms with Crippen molar-refractivity contribution >= 4 is 17.3 Å². The van der Waals surface area contributed by atoms with Crippen molar-refractivity contribution in [2.75, 3.05) is 13.7 Å². The Morgan fingerprint density at radius 3 is 2.40 bits per heavy atom. The predicted molar refractivity (Wildman–Crippen MR) is 118 cm³/mol. The molecule has 6 heteroatoms. The minimum atomic E-state index is -0.464. The topological polar surface area (TPSA) is 85.4 Å². The first kappa shape index (κ1) is 23.0. The largest absolute Gasteiger partial charge is 0.493 e. The van der Waals surface area contributed by atoms with Crippen LogP contribution >= 0.6 is 0 Å². The van der Waals surface area contributed by atoms with Gasteiger partial charge in [-0.2, -0.15) is 5.26 Å². The van der Waals surface area contributed by atoms with Gasteiger partial charge >= 0.3 is 0 Å². The monoisotopic (exact) mass is 408 g/mol.